The Morgan fingerprint density at radius 1 is 1.56 bits per heavy atom. The van der Waals surface area contributed by atoms with Gasteiger partial charge in [-0.15, -0.1) is 0 Å². The van der Waals surface area contributed by atoms with E-state index in [1.165, 1.54) is 12.1 Å². The van der Waals surface area contributed by atoms with E-state index in [0.29, 0.717) is 11.3 Å². The van der Waals surface area contributed by atoms with Crippen LogP contribution in [-0.4, -0.2) is 11.9 Å². The van der Waals surface area contributed by atoms with Crippen molar-refractivity contribution >= 4 is 16.9 Å². The van der Waals surface area contributed by atoms with Crippen LogP contribution in [0.5, 0.6) is 0 Å². The minimum Gasteiger partial charge on any atom is -0.459 e. The monoisotopic (exact) mass is 250 g/mol. The van der Waals surface area contributed by atoms with Gasteiger partial charge in [0.1, 0.15) is 17.2 Å². The first-order valence-electron chi connectivity index (χ1n) is 5.70. The Hall–Kier alpha value is -1.88. The first kappa shape index (κ1) is 12.6. The normalized spacial score (nSPS) is 12.7. The third-order valence-electron chi connectivity index (χ3n) is 2.83. The van der Waals surface area contributed by atoms with Gasteiger partial charge in [0.2, 0.25) is 5.91 Å². The van der Waals surface area contributed by atoms with Gasteiger partial charge in [-0.1, -0.05) is 0 Å². The molecule has 0 bridgehead atoms. The summed E-state index contributed by atoms with van der Waals surface area (Å²) in [6.45, 7) is 3.69. The second kappa shape index (κ2) is 4.78. The number of carbonyl (C=O) groups is 1. The number of amides is 1. The van der Waals surface area contributed by atoms with E-state index >= 15 is 0 Å². The van der Waals surface area contributed by atoms with Crippen molar-refractivity contribution in [1.29, 1.82) is 0 Å². The number of furan rings is 1. The predicted molar refractivity (Wildman–Crippen MR) is 66.4 cm³/mol. The molecule has 4 nitrogen and oxygen atoms in total. The first-order chi connectivity index (χ1) is 8.49. The topological polar surface area (TPSA) is 68.3 Å². The number of nitrogens with one attached hydrogen (secondary N) is 1. The smallest absolute Gasteiger partial charge is 0.237 e. The number of fused-ring (bicyclic) bond motifs is 1. The Morgan fingerprint density at radius 2 is 2.28 bits per heavy atom. The fraction of sp³-hybridized carbons (Fsp3) is 0.308. The summed E-state index contributed by atoms with van der Waals surface area (Å²) in [6, 6.07) is 3.78. The highest BCUT2D eigenvalue weighted by Crippen LogP contribution is 2.25. The number of halogens is 1. The van der Waals surface area contributed by atoms with E-state index in [4.69, 9.17) is 10.2 Å². The highest BCUT2D eigenvalue weighted by atomic mass is 19.1. The van der Waals surface area contributed by atoms with Gasteiger partial charge in [-0.2, -0.15) is 0 Å². The van der Waals surface area contributed by atoms with Crippen molar-refractivity contribution in [2.24, 2.45) is 5.73 Å². The number of nitrogens with two attached hydrogens (primary N) is 1. The Bertz CT molecular complexity index is 590. The molecule has 0 saturated carbocycles. The third kappa shape index (κ3) is 2.36. The number of hydrogen-bond acceptors (Lipinski definition) is 3. The number of carbonyl (C=O) groups excluding carboxylic acids is 1. The Balaban J connectivity index is 2.24. The lowest BCUT2D eigenvalue weighted by Gasteiger charge is -2.06. The molecule has 1 aromatic carbocycles. The van der Waals surface area contributed by atoms with Crippen LogP contribution in [0.3, 0.4) is 0 Å². The van der Waals surface area contributed by atoms with Gasteiger partial charge in [0.25, 0.3) is 0 Å². The lowest BCUT2D eigenvalue weighted by atomic mass is 10.1. The van der Waals surface area contributed by atoms with Gasteiger partial charge in [0.05, 0.1) is 12.6 Å². The van der Waals surface area contributed by atoms with E-state index in [0.717, 1.165) is 10.9 Å². The number of rotatable bonds is 3. The second-order valence-electron chi connectivity index (χ2n) is 4.30. The summed E-state index contributed by atoms with van der Waals surface area (Å²) in [7, 11) is 0. The SMILES string of the molecule is Cc1c(CNC(=O)[C@@H](C)N)oc2ccc(F)cc12. The van der Waals surface area contributed by atoms with Gasteiger partial charge in [0.15, 0.2) is 0 Å². The van der Waals surface area contributed by atoms with Crippen molar-refractivity contribution in [3.63, 3.8) is 0 Å². The van der Waals surface area contributed by atoms with Crippen molar-refractivity contribution < 1.29 is 13.6 Å². The summed E-state index contributed by atoms with van der Waals surface area (Å²) < 4.78 is 18.7. The molecule has 0 spiro atoms. The molecule has 0 saturated heterocycles. The molecule has 96 valence electrons. The standard InChI is InChI=1S/C13H15FN2O2/c1-7-10-5-9(14)3-4-11(10)18-12(7)6-16-13(17)8(2)15/h3-5,8H,6,15H2,1-2H3,(H,16,17)/t8-/m1/s1. The number of benzene rings is 1. The van der Waals surface area contributed by atoms with Crippen LogP contribution in [0.25, 0.3) is 11.0 Å². The van der Waals surface area contributed by atoms with Crippen LogP contribution < -0.4 is 11.1 Å². The molecule has 1 aromatic heterocycles. The maximum Gasteiger partial charge on any atom is 0.237 e. The quantitative estimate of drug-likeness (QED) is 0.873. The lowest BCUT2D eigenvalue weighted by molar-refractivity contribution is -0.122. The van der Waals surface area contributed by atoms with E-state index in [2.05, 4.69) is 5.32 Å². The first-order valence-corrected chi connectivity index (χ1v) is 5.70. The maximum atomic E-state index is 13.1. The minimum absolute atomic E-state index is 0.249. The molecule has 3 N–H and O–H groups in total. The molecule has 0 radical (unpaired) electrons. The zero-order chi connectivity index (χ0) is 13.3. The van der Waals surface area contributed by atoms with E-state index < -0.39 is 6.04 Å². The third-order valence-corrected chi connectivity index (χ3v) is 2.83. The predicted octanol–water partition coefficient (Wildman–Crippen LogP) is 1.84. The van der Waals surface area contributed by atoms with Crippen molar-refractivity contribution in [3.05, 3.63) is 35.3 Å². The fourth-order valence-electron chi connectivity index (χ4n) is 1.74. The molecule has 0 fully saturated rings. The summed E-state index contributed by atoms with van der Waals surface area (Å²) in [5, 5.41) is 3.39. The average molecular weight is 250 g/mol. The molecule has 0 aliphatic rings. The van der Waals surface area contributed by atoms with Crippen molar-refractivity contribution in [1.82, 2.24) is 5.32 Å². The van der Waals surface area contributed by atoms with Crippen LogP contribution in [0.15, 0.2) is 22.6 Å². The van der Waals surface area contributed by atoms with E-state index in [9.17, 15) is 9.18 Å². The summed E-state index contributed by atoms with van der Waals surface area (Å²) in [5.74, 6) is 0.0585. The molecular weight excluding hydrogens is 235 g/mol. The molecule has 0 aliphatic carbocycles. The van der Waals surface area contributed by atoms with Crippen LogP contribution in [0.1, 0.15) is 18.2 Å². The molecular formula is C13H15FN2O2. The van der Waals surface area contributed by atoms with E-state index in [1.54, 1.807) is 13.0 Å². The summed E-state index contributed by atoms with van der Waals surface area (Å²) in [5.41, 5.74) is 6.88. The van der Waals surface area contributed by atoms with Crippen LogP contribution >= 0.6 is 0 Å². The highest BCUT2D eigenvalue weighted by Gasteiger charge is 2.13. The fourth-order valence-corrected chi connectivity index (χ4v) is 1.74. The van der Waals surface area contributed by atoms with Crippen LogP contribution in [0, 0.1) is 12.7 Å². The molecule has 2 aromatic rings. The zero-order valence-corrected chi connectivity index (χ0v) is 10.3. The van der Waals surface area contributed by atoms with Gasteiger partial charge in [-0.25, -0.2) is 4.39 Å². The molecule has 5 heteroatoms. The van der Waals surface area contributed by atoms with Gasteiger partial charge in [-0.3, -0.25) is 4.79 Å². The van der Waals surface area contributed by atoms with Crippen LogP contribution in [0.4, 0.5) is 4.39 Å². The zero-order valence-electron chi connectivity index (χ0n) is 10.3. The van der Waals surface area contributed by atoms with Gasteiger partial charge in [0, 0.05) is 10.9 Å². The molecule has 0 aliphatic heterocycles. The number of aryl methyl sites for hydroxylation is 1. The van der Waals surface area contributed by atoms with Crippen LogP contribution in [-0.2, 0) is 11.3 Å². The highest BCUT2D eigenvalue weighted by molar-refractivity contribution is 5.83. The molecule has 18 heavy (non-hydrogen) atoms. The van der Waals surface area contributed by atoms with Gasteiger partial charge in [-0.05, 0) is 32.0 Å². The van der Waals surface area contributed by atoms with Gasteiger partial charge < -0.3 is 15.5 Å². The Labute approximate surface area is 104 Å². The van der Waals surface area contributed by atoms with Gasteiger partial charge >= 0.3 is 0 Å². The number of hydrogen-bond donors (Lipinski definition) is 2. The molecule has 1 heterocycles. The minimum atomic E-state index is -0.563. The van der Waals surface area contributed by atoms with Crippen molar-refractivity contribution in [3.8, 4) is 0 Å². The molecule has 0 unspecified atom stereocenters. The van der Waals surface area contributed by atoms with Crippen LogP contribution in [0.2, 0.25) is 0 Å². The summed E-state index contributed by atoms with van der Waals surface area (Å²) in [6.07, 6.45) is 0. The van der Waals surface area contributed by atoms with E-state index in [-0.39, 0.29) is 18.3 Å². The molecule has 1 amide bonds. The Kier molecular flexibility index (Phi) is 3.34. The Morgan fingerprint density at radius 3 is 2.94 bits per heavy atom. The van der Waals surface area contributed by atoms with Crippen molar-refractivity contribution in [2.45, 2.75) is 26.4 Å². The summed E-state index contributed by atoms with van der Waals surface area (Å²) in [4.78, 5) is 11.4. The molecule has 1 atom stereocenters. The average Bonchev–Trinajstić information content (AvgIpc) is 2.63. The largest absolute Gasteiger partial charge is 0.459 e. The lowest BCUT2D eigenvalue weighted by Crippen LogP contribution is -2.37. The van der Waals surface area contributed by atoms with E-state index in [1.807, 2.05) is 6.92 Å². The molecule has 2 rings (SSSR count). The summed E-state index contributed by atoms with van der Waals surface area (Å²) >= 11 is 0. The van der Waals surface area contributed by atoms with Crippen molar-refractivity contribution in [2.75, 3.05) is 0 Å². The second-order valence-corrected chi connectivity index (χ2v) is 4.30. The maximum absolute atomic E-state index is 13.1.